The molecule has 1 amide bonds. The summed E-state index contributed by atoms with van der Waals surface area (Å²) in [6.07, 6.45) is 2.34. The Labute approximate surface area is 167 Å². The van der Waals surface area contributed by atoms with Crippen molar-refractivity contribution in [2.45, 2.75) is 19.9 Å². The molecule has 4 heterocycles. The third-order valence-electron chi connectivity index (χ3n) is 5.15. The van der Waals surface area contributed by atoms with Gasteiger partial charge >= 0.3 is 0 Å². The maximum atomic E-state index is 13.2. The van der Waals surface area contributed by atoms with Crippen LogP contribution in [0, 0.1) is 0 Å². The van der Waals surface area contributed by atoms with Crippen molar-refractivity contribution in [1.82, 2.24) is 20.1 Å². The van der Waals surface area contributed by atoms with E-state index in [0.717, 1.165) is 28.3 Å². The lowest BCUT2D eigenvalue weighted by Crippen LogP contribution is -2.36. The monoisotopic (exact) mass is 392 g/mol. The van der Waals surface area contributed by atoms with E-state index in [9.17, 15) is 4.79 Å². The zero-order valence-corrected chi connectivity index (χ0v) is 16.0. The molecule has 0 aliphatic carbocycles. The van der Waals surface area contributed by atoms with E-state index in [4.69, 9.17) is 14.2 Å². The molecule has 0 spiro atoms. The number of amides is 1. The van der Waals surface area contributed by atoms with E-state index in [1.165, 1.54) is 0 Å². The summed E-state index contributed by atoms with van der Waals surface area (Å²) >= 11 is 0. The summed E-state index contributed by atoms with van der Waals surface area (Å²) in [5.74, 6) is 1.72. The number of nitrogens with zero attached hydrogens (tertiary/aromatic N) is 3. The van der Waals surface area contributed by atoms with E-state index in [2.05, 4.69) is 15.2 Å². The van der Waals surface area contributed by atoms with Crippen molar-refractivity contribution in [2.75, 3.05) is 19.9 Å². The number of carbonyl (C=O) groups is 1. The summed E-state index contributed by atoms with van der Waals surface area (Å²) in [4.78, 5) is 19.2. The quantitative estimate of drug-likeness (QED) is 0.734. The lowest BCUT2D eigenvalue weighted by molar-refractivity contribution is 0.0729. The Kier molecular flexibility index (Phi) is 4.31. The van der Waals surface area contributed by atoms with Crippen molar-refractivity contribution in [3.63, 3.8) is 0 Å². The molecule has 0 saturated carbocycles. The average molecular weight is 392 g/mol. The second-order valence-corrected chi connectivity index (χ2v) is 6.86. The molecule has 1 N–H and O–H groups in total. The molecule has 8 nitrogen and oxygen atoms in total. The van der Waals surface area contributed by atoms with Gasteiger partial charge in [0.05, 0.1) is 12.3 Å². The molecule has 8 heteroatoms. The molecule has 0 unspecified atom stereocenters. The lowest BCUT2D eigenvalue weighted by atomic mass is 10.00. The molecule has 2 aliphatic rings. The number of hydrogen-bond donors (Lipinski definition) is 1. The maximum Gasteiger partial charge on any atom is 0.259 e. The Morgan fingerprint density at radius 3 is 3.07 bits per heavy atom. The van der Waals surface area contributed by atoms with Crippen molar-refractivity contribution < 1.29 is 19.0 Å². The van der Waals surface area contributed by atoms with Crippen LogP contribution in [0.3, 0.4) is 0 Å². The predicted octanol–water partition coefficient (Wildman–Crippen LogP) is 2.80. The molecule has 2 aromatic heterocycles. The number of fused-ring (bicyclic) bond motifs is 2. The third-order valence-corrected chi connectivity index (χ3v) is 5.15. The first kappa shape index (κ1) is 17.5. The van der Waals surface area contributed by atoms with E-state index in [-0.39, 0.29) is 12.7 Å². The normalized spacial score (nSPS) is 14.6. The van der Waals surface area contributed by atoms with Crippen LogP contribution >= 0.6 is 0 Å². The first-order chi connectivity index (χ1) is 14.2. The molecule has 0 bridgehead atoms. The predicted molar refractivity (Wildman–Crippen MR) is 104 cm³/mol. The van der Waals surface area contributed by atoms with E-state index in [1.54, 1.807) is 18.3 Å². The van der Waals surface area contributed by atoms with Gasteiger partial charge in [0.15, 0.2) is 11.5 Å². The summed E-state index contributed by atoms with van der Waals surface area (Å²) in [5.41, 5.74) is 4.30. The van der Waals surface area contributed by atoms with Gasteiger partial charge in [-0.3, -0.25) is 9.89 Å². The molecular weight excluding hydrogens is 372 g/mol. The number of benzene rings is 1. The highest BCUT2D eigenvalue weighted by Gasteiger charge is 2.28. The third kappa shape index (κ3) is 3.06. The van der Waals surface area contributed by atoms with Crippen LogP contribution in [0.1, 0.15) is 28.5 Å². The molecule has 0 fully saturated rings. The largest absolute Gasteiger partial charge is 0.477 e. The number of H-pyrrole nitrogens is 1. The highest BCUT2D eigenvalue weighted by atomic mass is 16.7. The molecule has 2 aliphatic heterocycles. The fraction of sp³-hybridized carbons (Fsp3) is 0.286. The summed E-state index contributed by atoms with van der Waals surface area (Å²) < 4.78 is 16.4. The van der Waals surface area contributed by atoms with Crippen LogP contribution in [0.4, 0.5) is 0 Å². The fourth-order valence-electron chi connectivity index (χ4n) is 3.73. The van der Waals surface area contributed by atoms with Gasteiger partial charge in [-0.05, 0) is 37.3 Å². The van der Waals surface area contributed by atoms with E-state index in [1.807, 2.05) is 30.0 Å². The van der Waals surface area contributed by atoms with E-state index in [0.29, 0.717) is 43.3 Å². The van der Waals surface area contributed by atoms with Crippen molar-refractivity contribution >= 4 is 5.91 Å². The number of aromatic nitrogens is 3. The molecular formula is C21H20N4O4. The van der Waals surface area contributed by atoms with Crippen LogP contribution < -0.4 is 14.2 Å². The lowest BCUT2D eigenvalue weighted by Gasteiger charge is -2.27. The zero-order valence-electron chi connectivity index (χ0n) is 16.0. The number of nitrogens with one attached hydrogen (secondary N) is 1. The Bertz CT molecular complexity index is 1080. The number of hydrogen-bond acceptors (Lipinski definition) is 6. The van der Waals surface area contributed by atoms with Gasteiger partial charge in [-0.25, -0.2) is 4.98 Å². The van der Waals surface area contributed by atoms with Crippen LogP contribution in [-0.4, -0.2) is 45.9 Å². The number of pyridine rings is 1. The van der Waals surface area contributed by atoms with Gasteiger partial charge in [-0.2, -0.15) is 5.10 Å². The molecule has 3 aromatic rings. The van der Waals surface area contributed by atoms with Crippen molar-refractivity contribution in [3.8, 4) is 28.6 Å². The van der Waals surface area contributed by atoms with Crippen LogP contribution in [0.25, 0.3) is 11.3 Å². The Hall–Kier alpha value is -3.55. The molecule has 0 saturated heterocycles. The molecule has 5 rings (SSSR count). The number of rotatable bonds is 4. The van der Waals surface area contributed by atoms with Crippen molar-refractivity contribution in [3.05, 3.63) is 53.3 Å². The molecule has 148 valence electrons. The van der Waals surface area contributed by atoms with Crippen LogP contribution in [0.5, 0.6) is 17.4 Å². The SMILES string of the molecule is CCOc1ncccc1C(=O)N1CCc2[nH]nc(-c3ccc4c(c3)OCO4)c2C1. The Morgan fingerprint density at radius 2 is 2.17 bits per heavy atom. The van der Waals surface area contributed by atoms with Crippen molar-refractivity contribution in [1.29, 1.82) is 0 Å². The van der Waals surface area contributed by atoms with Gasteiger partial charge in [0.1, 0.15) is 5.56 Å². The highest BCUT2D eigenvalue weighted by Crippen LogP contribution is 2.37. The van der Waals surface area contributed by atoms with Gasteiger partial charge in [-0.15, -0.1) is 0 Å². The average Bonchev–Trinajstić information content (AvgIpc) is 3.39. The Balaban J connectivity index is 1.44. The molecule has 0 atom stereocenters. The minimum atomic E-state index is -0.0926. The van der Waals surface area contributed by atoms with Crippen molar-refractivity contribution in [2.24, 2.45) is 0 Å². The second kappa shape index (κ2) is 7.12. The first-order valence-electron chi connectivity index (χ1n) is 9.58. The smallest absolute Gasteiger partial charge is 0.259 e. The summed E-state index contributed by atoms with van der Waals surface area (Å²) in [5, 5.41) is 7.64. The van der Waals surface area contributed by atoms with Gasteiger partial charge in [0, 0.05) is 42.5 Å². The van der Waals surface area contributed by atoms with Gasteiger partial charge in [0.2, 0.25) is 12.7 Å². The number of carbonyl (C=O) groups excluding carboxylic acids is 1. The minimum Gasteiger partial charge on any atom is -0.477 e. The standard InChI is InChI=1S/C21H20N4O4/c1-2-27-20-14(4-3-8-22-20)21(26)25-9-7-16-15(11-25)19(24-23-16)13-5-6-17-18(10-13)29-12-28-17/h3-6,8,10H,2,7,9,11-12H2,1H3,(H,23,24). The summed E-state index contributed by atoms with van der Waals surface area (Å²) in [6.45, 7) is 3.63. The van der Waals surface area contributed by atoms with Crippen LogP contribution in [0.2, 0.25) is 0 Å². The minimum absolute atomic E-state index is 0.0926. The van der Waals surface area contributed by atoms with E-state index < -0.39 is 0 Å². The van der Waals surface area contributed by atoms with Crippen LogP contribution in [0.15, 0.2) is 36.5 Å². The van der Waals surface area contributed by atoms with Gasteiger partial charge < -0.3 is 19.1 Å². The number of ether oxygens (including phenoxy) is 3. The van der Waals surface area contributed by atoms with Gasteiger partial charge in [-0.1, -0.05) is 0 Å². The molecule has 29 heavy (non-hydrogen) atoms. The second-order valence-electron chi connectivity index (χ2n) is 6.86. The van der Waals surface area contributed by atoms with E-state index >= 15 is 0 Å². The zero-order chi connectivity index (χ0) is 19.8. The van der Waals surface area contributed by atoms with Gasteiger partial charge in [0.25, 0.3) is 5.91 Å². The fourth-order valence-corrected chi connectivity index (χ4v) is 3.73. The van der Waals surface area contributed by atoms with Crippen LogP contribution in [-0.2, 0) is 13.0 Å². The summed E-state index contributed by atoms with van der Waals surface area (Å²) in [6, 6.07) is 9.27. The molecule has 1 aromatic carbocycles. The maximum absolute atomic E-state index is 13.2. The highest BCUT2D eigenvalue weighted by molar-refractivity contribution is 5.96. The first-order valence-corrected chi connectivity index (χ1v) is 9.58. The summed E-state index contributed by atoms with van der Waals surface area (Å²) in [7, 11) is 0. The topological polar surface area (TPSA) is 89.6 Å². The Morgan fingerprint density at radius 1 is 1.28 bits per heavy atom. The number of aromatic amines is 1. The molecule has 0 radical (unpaired) electrons.